The van der Waals surface area contributed by atoms with Gasteiger partial charge in [-0.2, -0.15) is 0 Å². The quantitative estimate of drug-likeness (QED) is 0.632. The lowest BCUT2D eigenvalue weighted by Gasteiger charge is -2.10. The number of amides is 2. The summed E-state index contributed by atoms with van der Waals surface area (Å²) in [6.45, 7) is 0. The van der Waals surface area contributed by atoms with Crippen LogP contribution < -0.4 is 16.2 Å². The van der Waals surface area contributed by atoms with Gasteiger partial charge in [-0.1, -0.05) is 0 Å². The summed E-state index contributed by atoms with van der Waals surface area (Å²) in [6.07, 6.45) is 0. The maximum atomic E-state index is 11.5. The highest BCUT2D eigenvalue weighted by atomic mass is 16.5. The number of ether oxygens (including phenoxy) is 1. The molecule has 0 bridgehead atoms. The van der Waals surface area contributed by atoms with Gasteiger partial charge in [0.25, 0.3) is 11.8 Å². The van der Waals surface area contributed by atoms with E-state index in [-0.39, 0.29) is 0 Å². The molecule has 2 aromatic rings. The van der Waals surface area contributed by atoms with Gasteiger partial charge in [0.2, 0.25) is 0 Å². The second kappa shape index (κ2) is 5.08. The van der Waals surface area contributed by atoms with Crippen molar-refractivity contribution < 1.29 is 24.5 Å². The van der Waals surface area contributed by atoms with Crippen LogP contribution in [0.1, 0.15) is 21.0 Å². The Balaban J connectivity index is 2.78. The first-order valence-corrected chi connectivity index (χ1v) is 5.79. The van der Waals surface area contributed by atoms with Crippen molar-refractivity contribution in [3.63, 3.8) is 0 Å². The average molecular weight is 291 g/mol. The second-order valence-corrected chi connectivity index (χ2v) is 4.16. The Morgan fingerprint density at radius 3 is 1.76 bits per heavy atom. The van der Waals surface area contributed by atoms with Crippen LogP contribution in [0.25, 0.3) is 5.69 Å². The number of rotatable bonds is 4. The molecule has 1 heterocycles. The number of carbonyl (C=O) groups excluding carboxylic acids is 2. The molecule has 0 aliphatic rings. The van der Waals surface area contributed by atoms with Crippen LogP contribution in [-0.2, 0) is 0 Å². The first-order chi connectivity index (χ1) is 9.88. The number of nitrogens with two attached hydrogens (primary N) is 2. The number of hydrogen-bond acceptors (Lipinski definition) is 5. The van der Waals surface area contributed by atoms with Gasteiger partial charge < -0.3 is 26.4 Å². The first kappa shape index (κ1) is 14.3. The van der Waals surface area contributed by atoms with Gasteiger partial charge in [0, 0.05) is 5.69 Å². The lowest BCUT2D eigenvalue weighted by molar-refractivity contribution is 0.0989. The van der Waals surface area contributed by atoms with Crippen molar-refractivity contribution in [2.75, 3.05) is 7.11 Å². The largest absolute Gasteiger partial charge is 0.503 e. The summed E-state index contributed by atoms with van der Waals surface area (Å²) < 4.78 is 5.99. The van der Waals surface area contributed by atoms with Gasteiger partial charge in [-0.15, -0.1) is 0 Å². The molecule has 0 fully saturated rings. The highest BCUT2D eigenvalue weighted by molar-refractivity contribution is 6.03. The lowest BCUT2D eigenvalue weighted by Crippen LogP contribution is -2.21. The van der Waals surface area contributed by atoms with Crippen molar-refractivity contribution >= 4 is 11.8 Å². The van der Waals surface area contributed by atoms with Gasteiger partial charge in [0.1, 0.15) is 5.75 Å². The third-order valence-electron chi connectivity index (χ3n) is 2.92. The molecule has 2 amide bonds. The summed E-state index contributed by atoms with van der Waals surface area (Å²) in [4.78, 5) is 23.0. The van der Waals surface area contributed by atoms with E-state index in [0.717, 1.165) is 4.57 Å². The molecule has 0 unspecified atom stereocenters. The van der Waals surface area contributed by atoms with Crippen LogP contribution in [0.5, 0.6) is 17.2 Å². The topological polar surface area (TPSA) is 141 Å². The first-order valence-electron chi connectivity index (χ1n) is 5.79. The Bertz CT molecular complexity index is 681. The molecular weight excluding hydrogens is 278 g/mol. The third-order valence-corrected chi connectivity index (χ3v) is 2.92. The van der Waals surface area contributed by atoms with E-state index >= 15 is 0 Å². The summed E-state index contributed by atoms with van der Waals surface area (Å²) >= 11 is 0. The predicted octanol–water partition coefficient (Wildman–Crippen LogP) is 0.0949. The van der Waals surface area contributed by atoms with Crippen LogP contribution in [0.3, 0.4) is 0 Å². The summed E-state index contributed by atoms with van der Waals surface area (Å²) in [5.74, 6) is -3.10. The Morgan fingerprint density at radius 2 is 1.43 bits per heavy atom. The predicted molar refractivity (Wildman–Crippen MR) is 72.7 cm³/mol. The van der Waals surface area contributed by atoms with Gasteiger partial charge in [-0.3, -0.25) is 14.2 Å². The molecule has 1 aromatic heterocycles. The minimum absolute atomic E-state index is 0.300. The number of benzene rings is 1. The lowest BCUT2D eigenvalue weighted by atomic mass is 10.2. The smallest absolute Gasteiger partial charge is 0.269 e. The number of carbonyl (C=O) groups is 2. The minimum Gasteiger partial charge on any atom is -0.503 e. The van der Waals surface area contributed by atoms with Crippen LogP contribution >= 0.6 is 0 Å². The highest BCUT2D eigenvalue weighted by Crippen LogP contribution is 2.37. The fourth-order valence-electron chi connectivity index (χ4n) is 1.99. The summed E-state index contributed by atoms with van der Waals surface area (Å²) in [5.41, 5.74) is 9.79. The highest BCUT2D eigenvalue weighted by Gasteiger charge is 2.29. The van der Waals surface area contributed by atoms with Gasteiger partial charge in [0.15, 0.2) is 22.9 Å². The Morgan fingerprint density at radius 1 is 1.00 bits per heavy atom. The van der Waals surface area contributed by atoms with E-state index in [4.69, 9.17) is 16.2 Å². The van der Waals surface area contributed by atoms with Gasteiger partial charge in [0.05, 0.1) is 7.11 Å². The Kier molecular flexibility index (Phi) is 3.45. The van der Waals surface area contributed by atoms with E-state index in [2.05, 4.69) is 0 Å². The van der Waals surface area contributed by atoms with Crippen LogP contribution in [0.2, 0.25) is 0 Å². The molecule has 6 N–H and O–H groups in total. The Hall–Kier alpha value is -3.16. The van der Waals surface area contributed by atoms with Gasteiger partial charge >= 0.3 is 0 Å². The van der Waals surface area contributed by atoms with E-state index in [9.17, 15) is 19.8 Å². The number of methoxy groups -OCH3 is 1. The van der Waals surface area contributed by atoms with Crippen molar-refractivity contribution in [2.45, 2.75) is 0 Å². The molecule has 110 valence electrons. The zero-order valence-corrected chi connectivity index (χ0v) is 11.0. The zero-order chi connectivity index (χ0) is 15.7. The molecule has 0 atom stereocenters. The van der Waals surface area contributed by atoms with Crippen molar-refractivity contribution in [3.05, 3.63) is 35.7 Å². The van der Waals surface area contributed by atoms with E-state index in [0.29, 0.717) is 11.4 Å². The SMILES string of the molecule is COc1ccc(-n2c(C(N)=O)c(O)c(O)c2C(N)=O)cc1. The minimum atomic E-state index is -1.02. The van der Waals surface area contributed by atoms with E-state index in [1.165, 1.54) is 19.2 Å². The maximum absolute atomic E-state index is 11.5. The monoisotopic (exact) mass is 291 g/mol. The molecule has 8 nitrogen and oxygen atoms in total. The number of nitrogens with zero attached hydrogens (tertiary/aromatic N) is 1. The molecule has 1 aromatic carbocycles. The fraction of sp³-hybridized carbons (Fsp3) is 0.0769. The van der Waals surface area contributed by atoms with Gasteiger partial charge in [-0.05, 0) is 24.3 Å². The van der Waals surface area contributed by atoms with Crippen molar-refractivity contribution in [3.8, 4) is 22.9 Å². The van der Waals surface area contributed by atoms with E-state index < -0.39 is 34.7 Å². The van der Waals surface area contributed by atoms with Crippen LogP contribution in [0, 0.1) is 0 Å². The molecule has 0 aliphatic heterocycles. The van der Waals surface area contributed by atoms with Crippen LogP contribution in [0.4, 0.5) is 0 Å². The molecule has 0 spiro atoms. The van der Waals surface area contributed by atoms with Crippen LogP contribution in [-0.4, -0.2) is 33.7 Å². The number of hydrogen-bond donors (Lipinski definition) is 4. The Labute approximate surface area is 119 Å². The summed E-state index contributed by atoms with van der Waals surface area (Å²) in [6, 6.07) is 6.16. The average Bonchev–Trinajstić information content (AvgIpc) is 2.71. The molecule has 2 rings (SSSR count). The van der Waals surface area contributed by atoms with Crippen molar-refractivity contribution in [2.24, 2.45) is 11.5 Å². The third kappa shape index (κ3) is 2.22. The molecule has 0 saturated heterocycles. The number of aromatic hydroxyl groups is 2. The summed E-state index contributed by atoms with van der Waals surface area (Å²) in [5, 5.41) is 19.6. The zero-order valence-electron chi connectivity index (χ0n) is 11.0. The van der Waals surface area contributed by atoms with E-state index in [1.807, 2.05) is 0 Å². The molecule has 0 aliphatic carbocycles. The maximum Gasteiger partial charge on any atom is 0.269 e. The fourth-order valence-corrected chi connectivity index (χ4v) is 1.99. The molecule has 21 heavy (non-hydrogen) atoms. The summed E-state index contributed by atoms with van der Waals surface area (Å²) in [7, 11) is 1.48. The van der Waals surface area contributed by atoms with Crippen molar-refractivity contribution in [1.29, 1.82) is 0 Å². The molecule has 0 radical (unpaired) electrons. The number of primary amides is 2. The normalized spacial score (nSPS) is 10.3. The number of aromatic nitrogens is 1. The van der Waals surface area contributed by atoms with Crippen LogP contribution in [0.15, 0.2) is 24.3 Å². The molecule has 0 saturated carbocycles. The van der Waals surface area contributed by atoms with Gasteiger partial charge in [-0.25, -0.2) is 0 Å². The standard InChI is InChI=1S/C13H13N3O5/c1-21-7-4-2-6(3-5-7)16-8(12(14)19)10(17)11(18)9(16)13(15)20/h2-5,17-18H,1H3,(H2,14,19)(H2,15,20). The van der Waals surface area contributed by atoms with Crippen molar-refractivity contribution in [1.82, 2.24) is 4.57 Å². The van der Waals surface area contributed by atoms with E-state index in [1.54, 1.807) is 12.1 Å². The second-order valence-electron chi connectivity index (χ2n) is 4.16. The molecule has 8 heteroatoms. The molecular formula is C13H13N3O5.